The molecule has 0 saturated heterocycles. The van der Waals surface area contributed by atoms with Crippen LogP contribution in [0, 0.1) is 0 Å². The quantitative estimate of drug-likeness (QED) is 0.819. The van der Waals surface area contributed by atoms with Gasteiger partial charge in [-0.05, 0) is 17.7 Å². The summed E-state index contributed by atoms with van der Waals surface area (Å²) in [6, 6.07) is 17.5. The molecular weight excluding hydrogens is 310 g/mol. The lowest BCUT2D eigenvalue weighted by molar-refractivity contribution is -0.139. The van der Waals surface area contributed by atoms with E-state index < -0.39 is 12.0 Å². The molecule has 2 aromatic rings. The second kappa shape index (κ2) is 8.39. The summed E-state index contributed by atoms with van der Waals surface area (Å²) in [6.45, 7) is 1.82. The summed E-state index contributed by atoms with van der Waals surface area (Å²) in [5.41, 5.74) is 1.59. The predicted molar refractivity (Wildman–Crippen MR) is 92.5 cm³/mol. The van der Waals surface area contributed by atoms with Crippen LogP contribution < -0.4 is 5.32 Å². The molecule has 1 amide bonds. The topological polar surface area (TPSA) is 66.4 Å². The van der Waals surface area contributed by atoms with Crippen molar-refractivity contribution >= 4 is 23.6 Å². The first-order chi connectivity index (χ1) is 11.1. The van der Waals surface area contributed by atoms with Crippen molar-refractivity contribution in [3.8, 4) is 0 Å². The third-order valence-corrected chi connectivity index (χ3v) is 4.71. The molecule has 0 bridgehead atoms. The van der Waals surface area contributed by atoms with E-state index >= 15 is 0 Å². The maximum Gasteiger partial charge on any atom is 0.327 e. The molecule has 0 saturated carbocycles. The Balaban J connectivity index is 1.97. The first-order valence-corrected chi connectivity index (χ1v) is 8.37. The second-order valence-electron chi connectivity index (χ2n) is 5.16. The highest BCUT2D eigenvalue weighted by molar-refractivity contribution is 7.99. The van der Waals surface area contributed by atoms with Crippen LogP contribution in [0.3, 0.4) is 0 Å². The summed E-state index contributed by atoms with van der Waals surface area (Å²) < 4.78 is 0. The van der Waals surface area contributed by atoms with Crippen LogP contribution >= 0.6 is 11.8 Å². The Morgan fingerprint density at radius 1 is 1.04 bits per heavy atom. The van der Waals surface area contributed by atoms with Crippen molar-refractivity contribution in [3.05, 3.63) is 71.8 Å². The van der Waals surface area contributed by atoms with Gasteiger partial charge in [0.1, 0.15) is 6.04 Å². The predicted octanol–water partition coefficient (Wildman–Crippen LogP) is 3.19. The van der Waals surface area contributed by atoms with Crippen molar-refractivity contribution in [2.75, 3.05) is 0 Å². The number of carboxylic acid groups (broad SMARTS) is 1. The number of carboxylic acids is 1. The summed E-state index contributed by atoms with van der Waals surface area (Å²) in [6.07, 6.45) is 0. The van der Waals surface area contributed by atoms with Crippen LogP contribution in [-0.2, 0) is 10.5 Å². The fraction of sp³-hybridized carbons (Fsp3) is 0.222. The summed E-state index contributed by atoms with van der Waals surface area (Å²) in [7, 11) is 0. The van der Waals surface area contributed by atoms with Crippen molar-refractivity contribution in [3.63, 3.8) is 0 Å². The molecule has 4 nitrogen and oxygen atoms in total. The van der Waals surface area contributed by atoms with Crippen LogP contribution in [-0.4, -0.2) is 28.3 Å². The van der Waals surface area contributed by atoms with Crippen molar-refractivity contribution in [1.82, 2.24) is 5.32 Å². The first-order valence-electron chi connectivity index (χ1n) is 7.32. The van der Waals surface area contributed by atoms with Gasteiger partial charge >= 0.3 is 5.97 Å². The summed E-state index contributed by atoms with van der Waals surface area (Å²) >= 11 is 1.51. The van der Waals surface area contributed by atoms with Crippen molar-refractivity contribution < 1.29 is 14.7 Å². The number of thioether (sulfide) groups is 1. The average Bonchev–Trinajstić information content (AvgIpc) is 2.58. The molecule has 5 heteroatoms. The monoisotopic (exact) mass is 329 g/mol. The van der Waals surface area contributed by atoms with E-state index in [9.17, 15) is 14.7 Å². The molecule has 0 fully saturated rings. The Morgan fingerprint density at radius 3 is 2.17 bits per heavy atom. The normalized spacial score (nSPS) is 13.1. The summed E-state index contributed by atoms with van der Waals surface area (Å²) in [5.74, 6) is -0.694. The Morgan fingerprint density at radius 2 is 1.61 bits per heavy atom. The van der Waals surface area contributed by atoms with Crippen LogP contribution in [0.2, 0.25) is 0 Å². The average molecular weight is 329 g/mol. The minimum absolute atomic E-state index is 0.250. The number of benzene rings is 2. The number of hydrogen-bond acceptors (Lipinski definition) is 3. The van der Waals surface area contributed by atoms with Gasteiger partial charge in [0, 0.05) is 16.6 Å². The van der Waals surface area contributed by atoms with Gasteiger partial charge in [-0.2, -0.15) is 11.8 Å². The zero-order valence-corrected chi connectivity index (χ0v) is 13.6. The van der Waals surface area contributed by atoms with Gasteiger partial charge in [0.2, 0.25) is 0 Å². The Hall–Kier alpha value is -2.27. The summed E-state index contributed by atoms with van der Waals surface area (Å²) in [4.78, 5) is 23.6. The Labute approximate surface area is 139 Å². The molecule has 0 aliphatic carbocycles. The maximum absolute atomic E-state index is 12.2. The molecule has 120 valence electrons. The van der Waals surface area contributed by atoms with Gasteiger partial charge in [-0.3, -0.25) is 4.79 Å². The van der Waals surface area contributed by atoms with Crippen LogP contribution in [0.25, 0.3) is 0 Å². The van der Waals surface area contributed by atoms with Gasteiger partial charge in [-0.25, -0.2) is 4.79 Å². The molecule has 0 aliphatic rings. The van der Waals surface area contributed by atoms with E-state index in [4.69, 9.17) is 0 Å². The van der Waals surface area contributed by atoms with E-state index in [1.165, 1.54) is 11.8 Å². The van der Waals surface area contributed by atoms with E-state index in [0.717, 1.165) is 5.56 Å². The van der Waals surface area contributed by atoms with Crippen LogP contribution in [0.15, 0.2) is 60.7 Å². The smallest absolute Gasteiger partial charge is 0.327 e. The zero-order valence-electron chi connectivity index (χ0n) is 12.8. The third kappa shape index (κ3) is 5.14. The lowest BCUT2D eigenvalue weighted by Crippen LogP contribution is -2.46. The molecule has 2 rings (SSSR count). The van der Waals surface area contributed by atoms with Gasteiger partial charge in [0.25, 0.3) is 5.91 Å². The van der Waals surface area contributed by atoms with E-state index in [2.05, 4.69) is 5.32 Å². The van der Waals surface area contributed by atoms with E-state index in [1.54, 1.807) is 24.3 Å². The van der Waals surface area contributed by atoms with E-state index in [0.29, 0.717) is 11.3 Å². The summed E-state index contributed by atoms with van der Waals surface area (Å²) in [5, 5.41) is 11.8. The Kier molecular flexibility index (Phi) is 6.23. The largest absolute Gasteiger partial charge is 0.480 e. The second-order valence-corrected chi connectivity index (χ2v) is 6.52. The van der Waals surface area contributed by atoms with Gasteiger partial charge < -0.3 is 10.4 Å². The molecule has 2 atom stereocenters. The van der Waals surface area contributed by atoms with Gasteiger partial charge in [0.15, 0.2) is 0 Å². The lowest BCUT2D eigenvalue weighted by atomic mass is 10.1. The minimum atomic E-state index is -1.03. The molecule has 0 spiro atoms. The first kappa shape index (κ1) is 17.1. The molecule has 0 aliphatic heterocycles. The maximum atomic E-state index is 12.2. The SMILES string of the molecule is C[C@@H](SCc1ccccc1)[C@H](NC(=O)c1ccccc1)C(=O)O. The van der Waals surface area contributed by atoms with Crippen molar-refractivity contribution in [2.45, 2.75) is 24.0 Å². The molecule has 0 unspecified atom stereocenters. The van der Waals surface area contributed by atoms with Gasteiger partial charge in [-0.1, -0.05) is 55.5 Å². The van der Waals surface area contributed by atoms with Crippen molar-refractivity contribution in [2.24, 2.45) is 0 Å². The van der Waals surface area contributed by atoms with Crippen LogP contribution in [0.4, 0.5) is 0 Å². The lowest BCUT2D eigenvalue weighted by Gasteiger charge is -2.21. The standard InChI is InChI=1S/C18H19NO3S/c1-13(23-12-14-8-4-2-5-9-14)16(18(21)22)19-17(20)15-10-6-3-7-11-15/h2-11,13,16H,12H2,1H3,(H,19,20)(H,21,22)/t13-,16+/m1/s1. The molecule has 0 aromatic heterocycles. The van der Waals surface area contributed by atoms with Crippen LogP contribution in [0.5, 0.6) is 0 Å². The molecule has 2 N–H and O–H groups in total. The van der Waals surface area contributed by atoms with Gasteiger partial charge in [0.05, 0.1) is 0 Å². The molecular formula is C18H19NO3S. The van der Waals surface area contributed by atoms with E-state index in [-0.39, 0.29) is 11.2 Å². The number of nitrogens with one attached hydrogen (secondary N) is 1. The third-order valence-electron chi connectivity index (χ3n) is 3.41. The fourth-order valence-electron chi connectivity index (χ4n) is 2.09. The van der Waals surface area contributed by atoms with E-state index in [1.807, 2.05) is 43.3 Å². The number of amides is 1. The number of rotatable bonds is 7. The minimum Gasteiger partial charge on any atom is -0.480 e. The fourth-order valence-corrected chi connectivity index (χ4v) is 3.12. The number of carbonyl (C=O) groups excluding carboxylic acids is 1. The highest BCUT2D eigenvalue weighted by Crippen LogP contribution is 2.20. The highest BCUT2D eigenvalue weighted by Gasteiger charge is 2.27. The molecule has 23 heavy (non-hydrogen) atoms. The van der Waals surface area contributed by atoms with Crippen molar-refractivity contribution in [1.29, 1.82) is 0 Å². The highest BCUT2D eigenvalue weighted by atomic mass is 32.2. The zero-order chi connectivity index (χ0) is 16.7. The molecule has 0 radical (unpaired) electrons. The van der Waals surface area contributed by atoms with Crippen LogP contribution in [0.1, 0.15) is 22.8 Å². The Bertz CT molecular complexity index is 646. The molecule has 2 aromatic carbocycles. The number of carbonyl (C=O) groups is 2. The molecule has 0 heterocycles. The number of hydrogen-bond donors (Lipinski definition) is 2. The number of aliphatic carboxylic acids is 1. The van der Waals surface area contributed by atoms with Gasteiger partial charge in [-0.15, -0.1) is 0 Å².